The fourth-order valence-electron chi connectivity index (χ4n) is 2.69. The molecule has 2 aromatic rings. The summed E-state index contributed by atoms with van der Waals surface area (Å²) in [4.78, 5) is 12.5. The van der Waals surface area contributed by atoms with E-state index in [9.17, 15) is 9.90 Å². The fourth-order valence-corrected chi connectivity index (χ4v) is 2.69. The molecule has 1 atom stereocenters. The third kappa shape index (κ3) is 3.50. The maximum atomic E-state index is 12.5. The Morgan fingerprint density at radius 1 is 1.10 bits per heavy atom. The maximum absolute atomic E-state index is 12.5. The van der Waals surface area contributed by atoms with Gasteiger partial charge in [0.1, 0.15) is 0 Å². The lowest BCUT2D eigenvalue weighted by atomic mass is 9.98. The minimum atomic E-state index is -0.390. The van der Waals surface area contributed by atoms with E-state index in [1.165, 1.54) is 0 Å². The molecule has 0 aliphatic rings. The summed E-state index contributed by atoms with van der Waals surface area (Å²) in [5.74, 6) is -0.145. The first-order chi connectivity index (χ1) is 10.0. The second-order valence-corrected chi connectivity index (χ2v) is 5.39. The molecule has 0 aliphatic carbocycles. The second kappa shape index (κ2) is 6.55. The molecular formula is C18H21NO2. The van der Waals surface area contributed by atoms with Gasteiger partial charge in [-0.1, -0.05) is 48.0 Å². The standard InChI is InChI=1S/C18H21NO2/c1-12-9-13(2)17(14(3)10-12)18(21)19-16(11-20)15-7-5-4-6-8-15/h4-10,16,20H,11H2,1-3H3,(H,19,21)/t16-/m0/s1. The molecule has 0 aliphatic heterocycles. The molecule has 3 nitrogen and oxygen atoms in total. The van der Waals surface area contributed by atoms with Crippen molar-refractivity contribution in [1.29, 1.82) is 0 Å². The van der Waals surface area contributed by atoms with Gasteiger partial charge in [0, 0.05) is 5.56 Å². The quantitative estimate of drug-likeness (QED) is 0.906. The highest BCUT2D eigenvalue weighted by Crippen LogP contribution is 2.18. The smallest absolute Gasteiger partial charge is 0.252 e. The van der Waals surface area contributed by atoms with Gasteiger partial charge in [-0.15, -0.1) is 0 Å². The zero-order valence-electron chi connectivity index (χ0n) is 12.7. The number of aliphatic hydroxyl groups is 1. The normalized spacial score (nSPS) is 12.0. The summed E-state index contributed by atoms with van der Waals surface area (Å²) >= 11 is 0. The molecule has 0 spiro atoms. The summed E-state index contributed by atoms with van der Waals surface area (Å²) in [5.41, 5.74) is 4.64. The van der Waals surface area contributed by atoms with E-state index in [0.29, 0.717) is 5.56 Å². The molecule has 0 fully saturated rings. The number of benzene rings is 2. The highest BCUT2D eigenvalue weighted by atomic mass is 16.3. The molecule has 2 rings (SSSR count). The summed E-state index contributed by atoms with van der Waals surface area (Å²) in [6.07, 6.45) is 0. The molecule has 3 heteroatoms. The van der Waals surface area contributed by atoms with Crippen LogP contribution in [0.25, 0.3) is 0 Å². The molecule has 0 saturated heterocycles. The molecule has 0 aromatic heterocycles. The Morgan fingerprint density at radius 3 is 2.19 bits per heavy atom. The number of carbonyl (C=O) groups excluding carboxylic acids is 1. The summed E-state index contributed by atoms with van der Waals surface area (Å²) in [5, 5.41) is 12.5. The molecule has 0 radical (unpaired) electrons. The van der Waals surface area contributed by atoms with Crippen molar-refractivity contribution in [2.45, 2.75) is 26.8 Å². The third-order valence-corrected chi connectivity index (χ3v) is 3.59. The van der Waals surface area contributed by atoms with E-state index in [0.717, 1.165) is 22.3 Å². The number of hydrogen-bond acceptors (Lipinski definition) is 2. The molecule has 21 heavy (non-hydrogen) atoms. The van der Waals surface area contributed by atoms with E-state index >= 15 is 0 Å². The summed E-state index contributed by atoms with van der Waals surface area (Å²) in [7, 11) is 0. The average molecular weight is 283 g/mol. The molecule has 0 bridgehead atoms. The van der Waals surface area contributed by atoms with Gasteiger partial charge in [0.2, 0.25) is 0 Å². The SMILES string of the molecule is Cc1cc(C)c(C(=O)N[C@@H](CO)c2ccccc2)c(C)c1. The summed E-state index contributed by atoms with van der Waals surface area (Å²) in [6, 6.07) is 13.1. The van der Waals surface area contributed by atoms with Crippen LogP contribution >= 0.6 is 0 Å². The van der Waals surface area contributed by atoms with Crippen molar-refractivity contribution < 1.29 is 9.90 Å². The fraction of sp³-hybridized carbons (Fsp3) is 0.278. The van der Waals surface area contributed by atoms with Crippen molar-refractivity contribution in [2.24, 2.45) is 0 Å². The number of aryl methyl sites for hydroxylation is 3. The topological polar surface area (TPSA) is 49.3 Å². The van der Waals surface area contributed by atoms with Crippen LogP contribution in [0.3, 0.4) is 0 Å². The Hall–Kier alpha value is -2.13. The van der Waals surface area contributed by atoms with Gasteiger partial charge in [-0.2, -0.15) is 0 Å². The van der Waals surface area contributed by atoms with Gasteiger partial charge in [-0.05, 0) is 37.5 Å². The highest BCUT2D eigenvalue weighted by molar-refractivity contribution is 5.97. The summed E-state index contributed by atoms with van der Waals surface area (Å²) < 4.78 is 0. The van der Waals surface area contributed by atoms with Crippen molar-refractivity contribution in [3.8, 4) is 0 Å². The first-order valence-corrected chi connectivity index (χ1v) is 7.07. The number of carbonyl (C=O) groups is 1. The zero-order valence-corrected chi connectivity index (χ0v) is 12.7. The monoisotopic (exact) mass is 283 g/mol. The lowest BCUT2D eigenvalue weighted by Crippen LogP contribution is -2.31. The molecule has 0 heterocycles. The number of rotatable bonds is 4. The van der Waals surface area contributed by atoms with Gasteiger partial charge in [0.15, 0.2) is 0 Å². The molecule has 2 N–H and O–H groups in total. The Kier molecular flexibility index (Phi) is 4.76. The van der Waals surface area contributed by atoms with Crippen molar-refractivity contribution in [2.75, 3.05) is 6.61 Å². The number of amides is 1. The second-order valence-electron chi connectivity index (χ2n) is 5.39. The minimum Gasteiger partial charge on any atom is -0.394 e. The van der Waals surface area contributed by atoms with Gasteiger partial charge < -0.3 is 10.4 Å². The molecular weight excluding hydrogens is 262 g/mol. The van der Waals surface area contributed by atoms with Crippen molar-refractivity contribution >= 4 is 5.91 Å². The van der Waals surface area contributed by atoms with Crippen LogP contribution in [0.1, 0.15) is 38.7 Å². The predicted octanol–water partition coefficient (Wildman–Crippen LogP) is 3.08. The van der Waals surface area contributed by atoms with Gasteiger partial charge in [-0.3, -0.25) is 4.79 Å². The van der Waals surface area contributed by atoms with Crippen LogP contribution in [0.15, 0.2) is 42.5 Å². The molecule has 1 amide bonds. The summed E-state index contributed by atoms with van der Waals surface area (Å²) in [6.45, 7) is 5.76. The van der Waals surface area contributed by atoms with Crippen molar-refractivity contribution in [3.63, 3.8) is 0 Å². The Bertz CT molecular complexity index is 612. The minimum absolute atomic E-state index is 0.125. The number of hydrogen-bond donors (Lipinski definition) is 2. The van der Waals surface area contributed by atoms with Crippen LogP contribution in [-0.2, 0) is 0 Å². The molecule has 0 saturated carbocycles. The Morgan fingerprint density at radius 2 is 1.67 bits per heavy atom. The van der Waals surface area contributed by atoms with E-state index in [1.54, 1.807) is 0 Å². The van der Waals surface area contributed by atoms with Crippen molar-refractivity contribution in [1.82, 2.24) is 5.32 Å². The number of nitrogens with one attached hydrogen (secondary N) is 1. The van der Waals surface area contributed by atoms with E-state index in [1.807, 2.05) is 63.2 Å². The van der Waals surface area contributed by atoms with Crippen LogP contribution in [0, 0.1) is 20.8 Å². The first-order valence-electron chi connectivity index (χ1n) is 7.07. The molecule has 2 aromatic carbocycles. The molecule has 0 unspecified atom stereocenters. The largest absolute Gasteiger partial charge is 0.394 e. The predicted molar refractivity (Wildman–Crippen MR) is 84.4 cm³/mol. The van der Waals surface area contributed by atoms with Crippen LogP contribution < -0.4 is 5.32 Å². The van der Waals surface area contributed by atoms with Crippen LogP contribution in [0.2, 0.25) is 0 Å². The molecule has 110 valence electrons. The highest BCUT2D eigenvalue weighted by Gasteiger charge is 2.18. The van der Waals surface area contributed by atoms with Gasteiger partial charge in [-0.25, -0.2) is 0 Å². The Balaban J connectivity index is 2.25. The van der Waals surface area contributed by atoms with E-state index in [2.05, 4.69) is 5.32 Å². The lowest BCUT2D eigenvalue weighted by Gasteiger charge is -2.19. The van der Waals surface area contributed by atoms with E-state index in [-0.39, 0.29) is 18.6 Å². The first kappa shape index (κ1) is 15.3. The average Bonchev–Trinajstić information content (AvgIpc) is 2.44. The van der Waals surface area contributed by atoms with E-state index in [4.69, 9.17) is 0 Å². The van der Waals surface area contributed by atoms with Gasteiger partial charge in [0.05, 0.1) is 12.6 Å². The maximum Gasteiger partial charge on any atom is 0.252 e. The number of aliphatic hydroxyl groups excluding tert-OH is 1. The van der Waals surface area contributed by atoms with Crippen LogP contribution in [0.4, 0.5) is 0 Å². The van der Waals surface area contributed by atoms with Crippen molar-refractivity contribution in [3.05, 3.63) is 70.3 Å². The Labute approximate surface area is 125 Å². The zero-order chi connectivity index (χ0) is 15.4. The van der Waals surface area contributed by atoms with Crippen LogP contribution in [0.5, 0.6) is 0 Å². The van der Waals surface area contributed by atoms with Gasteiger partial charge in [0.25, 0.3) is 5.91 Å². The van der Waals surface area contributed by atoms with Gasteiger partial charge >= 0.3 is 0 Å². The van der Waals surface area contributed by atoms with Crippen LogP contribution in [-0.4, -0.2) is 17.6 Å². The lowest BCUT2D eigenvalue weighted by molar-refractivity contribution is 0.0915. The third-order valence-electron chi connectivity index (χ3n) is 3.59. The van der Waals surface area contributed by atoms with E-state index < -0.39 is 0 Å².